The van der Waals surface area contributed by atoms with Crippen molar-refractivity contribution in [2.75, 3.05) is 32.4 Å². The summed E-state index contributed by atoms with van der Waals surface area (Å²) in [5, 5.41) is 10.1. The molecule has 2 aromatic heterocycles. The number of guanidine groups is 1. The number of hydrogen-bond donors (Lipinski definition) is 5. The van der Waals surface area contributed by atoms with E-state index < -0.39 is 9.84 Å². The lowest BCUT2D eigenvalue weighted by molar-refractivity contribution is 0.260. The molecule has 0 atom stereocenters. The van der Waals surface area contributed by atoms with Crippen LogP contribution in [0.5, 0.6) is 0 Å². The number of H-pyrrole nitrogens is 1. The lowest BCUT2D eigenvalue weighted by Crippen LogP contribution is -2.34. The summed E-state index contributed by atoms with van der Waals surface area (Å²) in [4.78, 5) is 22.8. The molecule has 0 fully saturated rings. The van der Waals surface area contributed by atoms with Gasteiger partial charge in [-0.25, -0.2) is 8.42 Å². The van der Waals surface area contributed by atoms with Gasteiger partial charge in [0, 0.05) is 38.3 Å². The number of benzene rings is 2. The van der Waals surface area contributed by atoms with Crippen LogP contribution in [-0.2, 0) is 16.4 Å². The number of sulfone groups is 1. The highest BCUT2D eigenvalue weighted by Crippen LogP contribution is 2.22. The summed E-state index contributed by atoms with van der Waals surface area (Å²) in [5.74, 6) is 0.374. The Morgan fingerprint density at radius 3 is 2.36 bits per heavy atom. The predicted octanol–water partition coefficient (Wildman–Crippen LogP) is 1.78. The van der Waals surface area contributed by atoms with Gasteiger partial charge in [-0.15, -0.1) is 0 Å². The maximum absolute atomic E-state index is 12.8. The van der Waals surface area contributed by atoms with Crippen LogP contribution in [0.3, 0.4) is 0 Å². The minimum Gasteiger partial charge on any atom is -0.370 e. The van der Waals surface area contributed by atoms with Gasteiger partial charge in [0.1, 0.15) is 0 Å². The van der Waals surface area contributed by atoms with Gasteiger partial charge in [0.05, 0.1) is 16.2 Å². The highest BCUT2D eigenvalue weighted by molar-refractivity contribution is 7.90. The Hall–Kier alpha value is -4.00. The van der Waals surface area contributed by atoms with Crippen LogP contribution in [0.1, 0.15) is 18.4 Å². The molecule has 0 aliphatic carbocycles. The van der Waals surface area contributed by atoms with Crippen molar-refractivity contribution in [1.29, 1.82) is 5.41 Å². The highest BCUT2D eigenvalue weighted by atomic mass is 32.2. The zero-order valence-corrected chi connectivity index (χ0v) is 22.7. The second-order valence-electron chi connectivity index (χ2n) is 9.46. The van der Waals surface area contributed by atoms with Crippen LogP contribution in [0.2, 0.25) is 0 Å². The lowest BCUT2D eigenvalue weighted by atomic mass is 10.1. The quantitative estimate of drug-likeness (QED) is 0.101. The maximum atomic E-state index is 12.8. The Morgan fingerprint density at radius 1 is 1.05 bits per heavy atom. The van der Waals surface area contributed by atoms with E-state index >= 15 is 0 Å². The van der Waals surface area contributed by atoms with Gasteiger partial charge in [-0.2, -0.15) is 4.98 Å². The summed E-state index contributed by atoms with van der Waals surface area (Å²) in [6.07, 6.45) is 6.49. The molecule has 0 spiro atoms. The van der Waals surface area contributed by atoms with Gasteiger partial charge in [-0.3, -0.25) is 19.5 Å². The second-order valence-corrected chi connectivity index (χ2v) is 11.5. The SMILES string of the molecule is CS(=O)(=O)c1ccc(-c2cn3cc(-c4ccc(CN(CCCN)CCCNC(=N)N)cc4)c(=O)nc3[nH]2)cc1. The molecule has 2 aromatic carbocycles. The normalized spacial score (nSPS) is 11.8. The first-order valence-electron chi connectivity index (χ1n) is 12.7. The molecule has 11 nitrogen and oxygen atoms in total. The molecule has 206 valence electrons. The fourth-order valence-electron chi connectivity index (χ4n) is 4.34. The Labute approximate surface area is 227 Å². The Balaban J connectivity index is 1.50. The van der Waals surface area contributed by atoms with E-state index in [0.29, 0.717) is 30.1 Å². The molecular weight excluding hydrogens is 516 g/mol. The topological polar surface area (TPSA) is 175 Å². The third-order valence-electron chi connectivity index (χ3n) is 6.37. The van der Waals surface area contributed by atoms with Crippen LogP contribution in [-0.4, -0.2) is 66.1 Å². The van der Waals surface area contributed by atoms with Gasteiger partial charge in [0.2, 0.25) is 5.78 Å². The number of rotatable bonds is 12. The largest absolute Gasteiger partial charge is 0.370 e. The van der Waals surface area contributed by atoms with Gasteiger partial charge in [0.15, 0.2) is 15.8 Å². The van der Waals surface area contributed by atoms with E-state index in [2.05, 4.69) is 20.2 Å². The van der Waals surface area contributed by atoms with Crippen LogP contribution in [0.25, 0.3) is 28.2 Å². The maximum Gasteiger partial charge on any atom is 0.282 e. The van der Waals surface area contributed by atoms with Gasteiger partial charge in [-0.1, -0.05) is 36.4 Å². The van der Waals surface area contributed by atoms with Gasteiger partial charge in [0.25, 0.3) is 5.56 Å². The predicted molar refractivity (Wildman–Crippen MR) is 153 cm³/mol. The van der Waals surface area contributed by atoms with Crippen molar-refractivity contribution < 1.29 is 8.42 Å². The van der Waals surface area contributed by atoms with E-state index in [9.17, 15) is 13.2 Å². The molecule has 0 radical (unpaired) electrons. The minimum atomic E-state index is -3.28. The van der Waals surface area contributed by atoms with Gasteiger partial charge in [-0.05, 0) is 54.8 Å². The zero-order chi connectivity index (χ0) is 28.0. The molecule has 4 rings (SSSR count). The number of nitrogens with two attached hydrogens (primary N) is 2. The molecule has 0 saturated heterocycles. The fourth-order valence-corrected chi connectivity index (χ4v) is 4.97. The molecular formula is C27H34N8O3S. The van der Waals surface area contributed by atoms with Crippen molar-refractivity contribution >= 4 is 21.6 Å². The third kappa shape index (κ3) is 7.31. The molecule has 12 heteroatoms. The average Bonchev–Trinajstić information content (AvgIpc) is 3.32. The standard InChI is InChI=1S/C27H34N8O3S/c1-39(37,38)22-10-8-21(9-11-22)24-18-35-17-23(25(36)33-27(35)32-24)20-6-4-19(5-7-20)16-34(14-2-12-28)15-3-13-31-26(29)30/h4-11,17-18H,2-3,12-16,28H2,1H3,(H4,29,30,31)(H,32,33,36). The van der Waals surface area contributed by atoms with Gasteiger partial charge < -0.3 is 21.8 Å². The van der Waals surface area contributed by atoms with Crippen LogP contribution in [0, 0.1) is 5.41 Å². The molecule has 0 saturated carbocycles. The first kappa shape index (κ1) is 28.0. The number of nitrogens with zero attached hydrogens (tertiary/aromatic N) is 3. The van der Waals surface area contributed by atoms with E-state index in [-0.39, 0.29) is 16.4 Å². The molecule has 7 N–H and O–H groups in total. The molecule has 2 heterocycles. The second kappa shape index (κ2) is 12.2. The smallest absolute Gasteiger partial charge is 0.282 e. The summed E-state index contributed by atoms with van der Waals surface area (Å²) < 4.78 is 25.2. The lowest BCUT2D eigenvalue weighted by Gasteiger charge is -2.22. The molecule has 0 aliphatic rings. The van der Waals surface area contributed by atoms with Crippen LogP contribution in [0.4, 0.5) is 0 Å². The van der Waals surface area contributed by atoms with Crippen LogP contribution >= 0.6 is 0 Å². The Morgan fingerprint density at radius 2 is 1.72 bits per heavy atom. The minimum absolute atomic E-state index is 0.0261. The summed E-state index contributed by atoms with van der Waals surface area (Å²) in [5.41, 5.74) is 14.6. The molecule has 0 aliphatic heterocycles. The van der Waals surface area contributed by atoms with E-state index in [1.807, 2.05) is 30.5 Å². The van der Waals surface area contributed by atoms with Gasteiger partial charge >= 0.3 is 0 Å². The number of nitrogens with one attached hydrogen (secondary N) is 3. The van der Waals surface area contributed by atoms with Crippen molar-refractivity contribution in [3.8, 4) is 22.4 Å². The zero-order valence-electron chi connectivity index (χ0n) is 21.9. The fraction of sp³-hybridized carbons (Fsp3) is 0.296. The number of imidazole rings is 1. The van der Waals surface area contributed by atoms with Crippen LogP contribution < -0.4 is 22.3 Å². The third-order valence-corrected chi connectivity index (χ3v) is 7.50. The number of fused-ring (bicyclic) bond motifs is 1. The molecule has 0 bridgehead atoms. The molecule has 39 heavy (non-hydrogen) atoms. The summed E-state index contributed by atoms with van der Waals surface area (Å²) >= 11 is 0. The first-order chi connectivity index (χ1) is 18.6. The van der Waals surface area contributed by atoms with E-state index in [1.165, 1.54) is 6.26 Å². The van der Waals surface area contributed by atoms with Crippen molar-refractivity contribution in [2.24, 2.45) is 11.5 Å². The van der Waals surface area contributed by atoms with Crippen molar-refractivity contribution in [2.45, 2.75) is 24.3 Å². The van der Waals surface area contributed by atoms with Crippen molar-refractivity contribution in [3.63, 3.8) is 0 Å². The summed E-state index contributed by atoms with van der Waals surface area (Å²) in [6.45, 7) is 3.72. The molecule has 0 amide bonds. The molecule has 4 aromatic rings. The van der Waals surface area contributed by atoms with Crippen LogP contribution in [0.15, 0.2) is 70.6 Å². The monoisotopic (exact) mass is 550 g/mol. The van der Waals surface area contributed by atoms with E-state index in [4.69, 9.17) is 16.9 Å². The number of hydrogen-bond acceptors (Lipinski definition) is 7. The highest BCUT2D eigenvalue weighted by Gasteiger charge is 2.12. The number of aromatic amines is 1. The first-order valence-corrected chi connectivity index (χ1v) is 14.6. The summed E-state index contributed by atoms with van der Waals surface area (Å²) in [7, 11) is -3.28. The summed E-state index contributed by atoms with van der Waals surface area (Å²) in [6, 6.07) is 14.4. The Bertz CT molecular complexity index is 1590. The van der Waals surface area contributed by atoms with Crippen molar-refractivity contribution in [3.05, 3.63) is 76.8 Å². The average molecular weight is 551 g/mol. The van der Waals surface area contributed by atoms with E-state index in [1.54, 1.807) is 34.9 Å². The Kier molecular flexibility index (Phi) is 8.79. The van der Waals surface area contributed by atoms with Crippen molar-refractivity contribution in [1.82, 2.24) is 24.6 Å². The molecule has 0 unspecified atom stereocenters. The van der Waals surface area contributed by atoms with E-state index in [0.717, 1.165) is 49.2 Å². The number of aromatic nitrogens is 3.